The van der Waals surface area contributed by atoms with Crippen molar-refractivity contribution in [1.29, 1.82) is 0 Å². The number of nitrogens with one attached hydrogen (secondary N) is 1. The predicted octanol–water partition coefficient (Wildman–Crippen LogP) is 2.82. The second-order valence-electron chi connectivity index (χ2n) is 4.12. The molecule has 0 spiro atoms. The Hall–Kier alpha value is -2.10. The summed E-state index contributed by atoms with van der Waals surface area (Å²) in [5.74, 6) is -0.743. The van der Waals surface area contributed by atoms with Crippen LogP contribution in [0.1, 0.15) is 23.7 Å². The number of rotatable bonds is 3. The number of phenolic OH excluding ortho intramolecular Hbond substituents is 1. The quantitative estimate of drug-likeness (QED) is 0.876. The summed E-state index contributed by atoms with van der Waals surface area (Å²) in [6.07, 6.45) is 0.844. The van der Waals surface area contributed by atoms with E-state index in [1.54, 1.807) is 12.1 Å². The van der Waals surface area contributed by atoms with Crippen molar-refractivity contribution in [2.24, 2.45) is 0 Å². The van der Waals surface area contributed by atoms with Crippen LogP contribution in [0.5, 0.6) is 5.75 Å². The van der Waals surface area contributed by atoms with E-state index in [-0.39, 0.29) is 11.7 Å². The molecular weight excluding hydrogens is 233 g/mol. The lowest BCUT2D eigenvalue weighted by Gasteiger charge is -2.07. The zero-order valence-electron chi connectivity index (χ0n) is 10.0. The molecule has 0 aromatic heterocycles. The lowest BCUT2D eigenvalue weighted by molar-refractivity contribution is 0.0953. The first kappa shape index (κ1) is 12.4. The minimum absolute atomic E-state index is 0.0892. The Labute approximate surface area is 104 Å². The Kier molecular flexibility index (Phi) is 3.46. The second kappa shape index (κ2) is 5.04. The van der Waals surface area contributed by atoms with Crippen molar-refractivity contribution < 1.29 is 14.3 Å². The number of hydrogen-bond donors (Lipinski definition) is 2. The summed E-state index contributed by atoms with van der Waals surface area (Å²) in [6, 6.07) is 7.08. The van der Waals surface area contributed by atoms with Gasteiger partial charge in [0.1, 0.15) is 11.6 Å². The number of benzene rings is 2. The molecule has 1 amide bonds. The molecule has 0 aliphatic rings. The van der Waals surface area contributed by atoms with Crippen LogP contribution in [0.15, 0.2) is 30.3 Å². The van der Waals surface area contributed by atoms with E-state index in [0.29, 0.717) is 22.9 Å². The summed E-state index contributed by atoms with van der Waals surface area (Å²) in [7, 11) is 0. The van der Waals surface area contributed by atoms with Crippen molar-refractivity contribution in [2.45, 2.75) is 13.3 Å². The number of phenols is 1. The van der Waals surface area contributed by atoms with Gasteiger partial charge in [-0.05, 0) is 36.1 Å². The highest BCUT2D eigenvalue weighted by Gasteiger charge is 2.09. The molecule has 2 N–H and O–H groups in total. The fraction of sp³-hybridized carbons (Fsp3) is 0.214. The van der Waals surface area contributed by atoms with Crippen molar-refractivity contribution >= 4 is 16.7 Å². The van der Waals surface area contributed by atoms with Gasteiger partial charge in [0, 0.05) is 17.5 Å². The molecule has 2 aromatic carbocycles. The minimum atomic E-state index is -0.416. The standard InChI is InChI=1S/C14H14FNO2/c1-2-5-16-14(18)10-6-9-3-4-11(15)8-12(9)13(17)7-10/h3-4,6-8,17H,2,5H2,1H3,(H,16,18). The number of carbonyl (C=O) groups is 1. The minimum Gasteiger partial charge on any atom is -0.507 e. The first-order valence-electron chi connectivity index (χ1n) is 5.82. The molecule has 0 saturated carbocycles. The van der Waals surface area contributed by atoms with E-state index >= 15 is 0 Å². The van der Waals surface area contributed by atoms with Gasteiger partial charge in [0.05, 0.1) is 0 Å². The molecule has 0 heterocycles. The maximum Gasteiger partial charge on any atom is 0.251 e. The molecule has 4 heteroatoms. The van der Waals surface area contributed by atoms with Crippen LogP contribution in [-0.4, -0.2) is 17.6 Å². The van der Waals surface area contributed by atoms with Crippen LogP contribution >= 0.6 is 0 Å². The van der Waals surface area contributed by atoms with Gasteiger partial charge in [0.2, 0.25) is 0 Å². The lowest BCUT2D eigenvalue weighted by atomic mass is 10.1. The molecule has 0 aliphatic carbocycles. The van der Waals surface area contributed by atoms with Gasteiger partial charge >= 0.3 is 0 Å². The van der Waals surface area contributed by atoms with Crippen LogP contribution in [0.25, 0.3) is 10.8 Å². The molecule has 0 radical (unpaired) electrons. The van der Waals surface area contributed by atoms with E-state index < -0.39 is 5.82 Å². The van der Waals surface area contributed by atoms with Crippen LogP contribution in [-0.2, 0) is 0 Å². The molecule has 0 unspecified atom stereocenters. The van der Waals surface area contributed by atoms with Crippen LogP contribution in [0.3, 0.4) is 0 Å². The highest BCUT2D eigenvalue weighted by atomic mass is 19.1. The highest BCUT2D eigenvalue weighted by Crippen LogP contribution is 2.27. The van der Waals surface area contributed by atoms with E-state index in [2.05, 4.69) is 5.32 Å². The van der Waals surface area contributed by atoms with E-state index in [0.717, 1.165) is 6.42 Å². The number of aromatic hydroxyl groups is 1. The SMILES string of the molecule is CCCNC(=O)c1cc(O)c2cc(F)ccc2c1. The van der Waals surface area contributed by atoms with Gasteiger partial charge < -0.3 is 10.4 Å². The van der Waals surface area contributed by atoms with Crippen LogP contribution in [0.4, 0.5) is 4.39 Å². The lowest BCUT2D eigenvalue weighted by Crippen LogP contribution is -2.23. The summed E-state index contributed by atoms with van der Waals surface area (Å²) in [5, 5.41) is 13.6. The fourth-order valence-electron chi connectivity index (χ4n) is 1.78. The molecule has 0 fully saturated rings. The Morgan fingerprint density at radius 3 is 2.83 bits per heavy atom. The third-order valence-electron chi connectivity index (χ3n) is 2.69. The summed E-state index contributed by atoms with van der Waals surface area (Å²) in [5.41, 5.74) is 0.375. The Morgan fingerprint density at radius 2 is 2.11 bits per heavy atom. The summed E-state index contributed by atoms with van der Waals surface area (Å²) in [4.78, 5) is 11.8. The third kappa shape index (κ3) is 2.42. The first-order chi connectivity index (χ1) is 8.61. The average Bonchev–Trinajstić information content (AvgIpc) is 2.36. The number of halogens is 1. The molecule has 0 aliphatic heterocycles. The molecule has 2 aromatic rings. The monoisotopic (exact) mass is 247 g/mol. The summed E-state index contributed by atoms with van der Waals surface area (Å²) < 4.78 is 13.1. The Balaban J connectivity index is 2.43. The normalized spacial score (nSPS) is 10.6. The molecule has 0 bridgehead atoms. The second-order valence-corrected chi connectivity index (χ2v) is 4.12. The Morgan fingerprint density at radius 1 is 1.33 bits per heavy atom. The maximum absolute atomic E-state index is 13.1. The van der Waals surface area contributed by atoms with E-state index in [1.807, 2.05) is 6.92 Å². The van der Waals surface area contributed by atoms with Crippen molar-refractivity contribution in [3.63, 3.8) is 0 Å². The number of amides is 1. The molecule has 94 valence electrons. The number of hydrogen-bond acceptors (Lipinski definition) is 2. The van der Waals surface area contributed by atoms with Crippen LogP contribution in [0, 0.1) is 5.82 Å². The van der Waals surface area contributed by atoms with Crippen molar-refractivity contribution in [2.75, 3.05) is 6.54 Å². The van der Waals surface area contributed by atoms with Gasteiger partial charge in [-0.15, -0.1) is 0 Å². The zero-order chi connectivity index (χ0) is 13.1. The maximum atomic E-state index is 13.1. The van der Waals surface area contributed by atoms with Gasteiger partial charge in [-0.25, -0.2) is 4.39 Å². The van der Waals surface area contributed by atoms with Gasteiger partial charge in [-0.1, -0.05) is 13.0 Å². The zero-order valence-corrected chi connectivity index (χ0v) is 10.0. The molecule has 3 nitrogen and oxygen atoms in total. The third-order valence-corrected chi connectivity index (χ3v) is 2.69. The summed E-state index contributed by atoms with van der Waals surface area (Å²) in [6.45, 7) is 2.54. The van der Waals surface area contributed by atoms with Crippen molar-refractivity contribution in [3.05, 3.63) is 41.7 Å². The average molecular weight is 247 g/mol. The fourth-order valence-corrected chi connectivity index (χ4v) is 1.78. The van der Waals surface area contributed by atoms with Gasteiger partial charge in [-0.2, -0.15) is 0 Å². The molecule has 18 heavy (non-hydrogen) atoms. The Bertz CT molecular complexity index is 596. The van der Waals surface area contributed by atoms with E-state index in [1.165, 1.54) is 18.2 Å². The molecule has 0 saturated heterocycles. The number of fused-ring (bicyclic) bond motifs is 1. The summed E-state index contributed by atoms with van der Waals surface area (Å²) >= 11 is 0. The molecule has 0 atom stereocenters. The van der Waals surface area contributed by atoms with Crippen LogP contribution in [0.2, 0.25) is 0 Å². The van der Waals surface area contributed by atoms with E-state index in [9.17, 15) is 14.3 Å². The smallest absolute Gasteiger partial charge is 0.251 e. The van der Waals surface area contributed by atoms with Gasteiger partial charge in [0.15, 0.2) is 0 Å². The van der Waals surface area contributed by atoms with Crippen LogP contribution < -0.4 is 5.32 Å². The predicted molar refractivity (Wildman–Crippen MR) is 68.2 cm³/mol. The molecule has 2 rings (SSSR count). The van der Waals surface area contributed by atoms with Crippen molar-refractivity contribution in [1.82, 2.24) is 5.32 Å². The van der Waals surface area contributed by atoms with Crippen molar-refractivity contribution in [3.8, 4) is 5.75 Å². The van der Waals surface area contributed by atoms with E-state index in [4.69, 9.17) is 0 Å². The molecular formula is C14H14FNO2. The van der Waals surface area contributed by atoms with Gasteiger partial charge in [0.25, 0.3) is 5.91 Å². The largest absolute Gasteiger partial charge is 0.507 e. The highest BCUT2D eigenvalue weighted by molar-refractivity contribution is 6.00. The van der Waals surface area contributed by atoms with Gasteiger partial charge in [-0.3, -0.25) is 4.79 Å². The number of carbonyl (C=O) groups excluding carboxylic acids is 1. The topological polar surface area (TPSA) is 49.3 Å². The first-order valence-corrected chi connectivity index (χ1v) is 5.82.